The zero-order valence-corrected chi connectivity index (χ0v) is 12.4. The Bertz CT molecular complexity index is 651. The monoisotopic (exact) mass is 285 g/mol. The van der Waals surface area contributed by atoms with Gasteiger partial charge in [-0.2, -0.15) is 5.10 Å². The molecule has 1 amide bonds. The first-order valence-corrected chi connectivity index (χ1v) is 7.18. The van der Waals surface area contributed by atoms with E-state index in [1.807, 2.05) is 24.3 Å². The Morgan fingerprint density at radius 2 is 2.19 bits per heavy atom. The molecular formula is C15H19N5O. The third-order valence-corrected chi connectivity index (χ3v) is 3.97. The maximum atomic E-state index is 11.4. The van der Waals surface area contributed by atoms with Crippen LogP contribution in [0.3, 0.4) is 0 Å². The number of nitrogens with zero attached hydrogens (tertiary/aromatic N) is 5. The van der Waals surface area contributed by atoms with Gasteiger partial charge in [0.25, 0.3) is 0 Å². The van der Waals surface area contributed by atoms with Crippen LogP contribution < -0.4 is 0 Å². The van der Waals surface area contributed by atoms with Crippen molar-refractivity contribution in [3.8, 4) is 11.3 Å². The maximum absolute atomic E-state index is 11.4. The summed E-state index contributed by atoms with van der Waals surface area (Å²) in [7, 11) is 1.89. The molecule has 6 nitrogen and oxygen atoms in total. The van der Waals surface area contributed by atoms with Crippen molar-refractivity contribution in [2.75, 3.05) is 13.1 Å². The van der Waals surface area contributed by atoms with Crippen LogP contribution in [0.2, 0.25) is 0 Å². The fourth-order valence-corrected chi connectivity index (χ4v) is 2.86. The first-order valence-electron chi connectivity index (χ1n) is 7.18. The van der Waals surface area contributed by atoms with E-state index in [1.54, 1.807) is 24.0 Å². The van der Waals surface area contributed by atoms with Gasteiger partial charge in [-0.15, -0.1) is 0 Å². The second-order valence-electron chi connectivity index (χ2n) is 5.58. The van der Waals surface area contributed by atoms with Gasteiger partial charge >= 0.3 is 0 Å². The molecule has 0 unspecified atom stereocenters. The Labute approximate surface area is 123 Å². The quantitative estimate of drug-likeness (QED) is 0.852. The number of carbonyl (C=O) groups is 1. The predicted octanol–water partition coefficient (Wildman–Crippen LogP) is 1.29. The molecule has 0 aromatic carbocycles. The van der Waals surface area contributed by atoms with Crippen molar-refractivity contribution in [2.24, 2.45) is 13.0 Å². The smallest absolute Gasteiger partial charge is 0.219 e. The Morgan fingerprint density at radius 1 is 1.38 bits per heavy atom. The third kappa shape index (κ3) is 2.94. The van der Waals surface area contributed by atoms with Crippen LogP contribution in [0, 0.1) is 5.92 Å². The third-order valence-electron chi connectivity index (χ3n) is 3.97. The molecule has 3 rings (SSSR count). The molecule has 0 N–H and O–H groups in total. The Balaban J connectivity index is 1.79. The molecule has 1 atom stereocenters. The minimum Gasteiger partial charge on any atom is -0.343 e. The summed E-state index contributed by atoms with van der Waals surface area (Å²) >= 11 is 0. The Hall–Kier alpha value is -2.24. The SMILES string of the molecule is CC(=O)N1CC[C@@H](Cc2nccnc2-c2cnn(C)c2)C1. The number of hydrogen-bond donors (Lipinski definition) is 0. The van der Waals surface area contributed by atoms with Gasteiger partial charge in [0.2, 0.25) is 5.91 Å². The number of amides is 1. The predicted molar refractivity (Wildman–Crippen MR) is 78.3 cm³/mol. The molecule has 0 aliphatic carbocycles. The van der Waals surface area contributed by atoms with Crippen LogP contribution in [0.1, 0.15) is 19.0 Å². The summed E-state index contributed by atoms with van der Waals surface area (Å²) in [4.78, 5) is 22.3. The van der Waals surface area contributed by atoms with Gasteiger partial charge in [-0.25, -0.2) is 0 Å². The summed E-state index contributed by atoms with van der Waals surface area (Å²) < 4.78 is 1.76. The zero-order valence-electron chi connectivity index (χ0n) is 12.4. The molecular weight excluding hydrogens is 266 g/mol. The molecule has 0 spiro atoms. The van der Waals surface area contributed by atoms with E-state index in [2.05, 4.69) is 15.1 Å². The molecule has 21 heavy (non-hydrogen) atoms. The van der Waals surface area contributed by atoms with Crippen molar-refractivity contribution in [1.82, 2.24) is 24.6 Å². The summed E-state index contributed by atoms with van der Waals surface area (Å²) in [5, 5.41) is 4.20. The number of hydrogen-bond acceptors (Lipinski definition) is 4. The van der Waals surface area contributed by atoms with E-state index in [0.29, 0.717) is 5.92 Å². The maximum Gasteiger partial charge on any atom is 0.219 e. The number of carbonyl (C=O) groups excluding carboxylic acids is 1. The van der Waals surface area contributed by atoms with E-state index in [-0.39, 0.29) is 5.91 Å². The molecule has 3 heterocycles. The lowest BCUT2D eigenvalue weighted by Crippen LogP contribution is -2.26. The fourth-order valence-electron chi connectivity index (χ4n) is 2.86. The van der Waals surface area contributed by atoms with Gasteiger partial charge in [0.05, 0.1) is 17.6 Å². The van der Waals surface area contributed by atoms with Gasteiger partial charge in [0.15, 0.2) is 0 Å². The van der Waals surface area contributed by atoms with Gasteiger partial charge in [-0.05, 0) is 18.8 Å². The van der Waals surface area contributed by atoms with Gasteiger partial charge in [-0.1, -0.05) is 0 Å². The molecule has 2 aromatic rings. The topological polar surface area (TPSA) is 63.9 Å². The van der Waals surface area contributed by atoms with Crippen molar-refractivity contribution >= 4 is 5.91 Å². The standard InChI is InChI=1S/C15H19N5O/c1-11(21)20-6-3-12(9-20)7-14-15(17-5-4-16-14)13-8-18-19(2)10-13/h4-5,8,10,12H,3,6-7,9H2,1-2H3/t12-/m0/s1. The van der Waals surface area contributed by atoms with Gasteiger partial charge in [0, 0.05) is 51.2 Å². The average Bonchev–Trinajstić information content (AvgIpc) is 3.09. The van der Waals surface area contributed by atoms with Gasteiger partial charge < -0.3 is 4.90 Å². The van der Waals surface area contributed by atoms with E-state index in [4.69, 9.17) is 0 Å². The molecule has 1 fully saturated rings. The first kappa shape index (κ1) is 13.7. The number of likely N-dealkylation sites (tertiary alicyclic amines) is 1. The number of aromatic nitrogens is 4. The van der Waals surface area contributed by atoms with E-state index in [9.17, 15) is 4.79 Å². The minimum absolute atomic E-state index is 0.157. The molecule has 0 bridgehead atoms. The van der Waals surface area contributed by atoms with Crippen LogP contribution in [-0.4, -0.2) is 43.6 Å². The van der Waals surface area contributed by atoms with Gasteiger partial charge in [-0.3, -0.25) is 19.4 Å². The van der Waals surface area contributed by atoms with E-state index < -0.39 is 0 Å². The van der Waals surface area contributed by atoms with Crippen molar-refractivity contribution in [3.05, 3.63) is 30.5 Å². The summed E-state index contributed by atoms with van der Waals surface area (Å²) in [6.45, 7) is 3.30. The highest BCUT2D eigenvalue weighted by atomic mass is 16.2. The van der Waals surface area contributed by atoms with Crippen LogP contribution in [0.5, 0.6) is 0 Å². The summed E-state index contributed by atoms with van der Waals surface area (Å²) in [6.07, 6.45) is 9.08. The van der Waals surface area contributed by atoms with Crippen molar-refractivity contribution in [2.45, 2.75) is 19.8 Å². The lowest BCUT2D eigenvalue weighted by Gasteiger charge is -2.14. The second-order valence-corrected chi connectivity index (χ2v) is 5.58. The lowest BCUT2D eigenvalue weighted by molar-refractivity contribution is -0.127. The van der Waals surface area contributed by atoms with Crippen LogP contribution in [0.4, 0.5) is 0 Å². The summed E-state index contributed by atoms with van der Waals surface area (Å²) in [5.74, 6) is 0.616. The normalized spacial score (nSPS) is 18.2. The highest BCUT2D eigenvalue weighted by Gasteiger charge is 2.25. The lowest BCUT2D eigenvalue weighted by atomic mass is 10.00. The summed E-state index contributed by atoms with van der Waals surface area (Å²) in [5.41, 5.74) is 2.87. The van der Waals surface area contributed by atoms with Crippen LogP contribution in [0.25, 0.3) is 11.3 Å². The zero-order chi connectivity index (χ0) is 14.8. The average molecular weight is 285 g/mol. The molecule has 2 aromatic heterocycles. The highest BCUT2D eigenvalue weighted by molar-refractivity contribution is 5.73. The van der Waals surface area contributed by atoms with Gasteiger partial charge in [0.1, 0.15) is 0 Å². The van der Waals surface area contributed by atoms with Crippen molar-refractivity contribution < 1.29 is 4.79 Å². The van der Waals surface area contributed by atoms with Crippen LogP contribution in [0.15, 0.2) is 24.8 Å². The molecule has 1 saturated heterocycles. The molecule has 0 radical (unpaired) electrons. The van der Waals surface area contributed by atoms with E-state index >= 15 is 0 Å². The Kier molecular flexibility index (Phi) is 3.68. The van der Waals surface area contributed by atoms with Crippen molar-refractivity contribution in [3.63, 3.8) is 0 Å². The molecule has 6 heteroatoms. The minimum atomic E-state index is 0.157. The summed E-state index contributed by atoms with van der Waals surface area (Å²) in [6, 6.07) is 0. The highest BCUT2D eigenvalue weighted by Crippen LogP contribution is 2.25. The fraction of sp³-hybridized carbons (Fsp3) is 0.467. The van der Waals surface area contributed by atoms with Crippen LogP contribution >= 0.6 is 0 Å². The first-order chi connectivity index (χ1) is 10.1. The number of rotatable bonds is 3. The molecule has 110 valence electrons. The molecule has 1 aliphatic rings. The van der Waals surface area contributed by atoms with E-state index in [1.165, 1.54) is 0 Å². The molecule has 1 aliphatic heterocycles. The largest absolute Gasteiger partial charge is 0.343 e. The van der Waals surface area contributed by atoms with Crippen LogP contribution in [-0.2, 0) is 18.3 Å². The molecule has 0 saturated carbocycles. The Morgan fingerprint density at radius 3 is 2.86 bits per heavy atom. The van der Waals surface area contributed by atoms with Crippen molar-refractivity contribution in [1.29, 1.82) is 0 Å². The number of aryl methyl sites for hydroxylation is 1. The second kappa shape index (κ2) is 5.63. The van der Waals surface area contributed by atoms with E-state index in [0.717, 1.165) is 42.9 Å².